The van der Waals surface area contributed by atoms with E-state index in [1.54, 1.807) is 18.2 Å². The van der Waals surface area contributed by atoms with E-state index in [2.05, 4.69) is 12.2 Å². The van der Waals surface area contributed by atoms with Crippen LogP contribution in [0.25, 0.3) is 0 Å². The van der Waals surface area contributed by atoms with Crippen molar-refractivity contribution in [2.45, 2.75) is 31.4 Å². The number of amides is 1. The van der Waals surface area contributed by atoms with Crippen molar-refractivity contribution >= 4 is 39.1 Å². The molecule has 1 amide bonds. The molecule has 5 nitrogen and oxygen atoms in total. The van der Waals surface area contributed by atoms with Crippen molar-refractivity contribution in [3.63, 3.8) is 0 Å². The van der Waals surface area contributed by atoms with Gasteiger partial charge in [-0.3, -0.25) is 4.79 Å². The monoisotopic (exact) mass is 468 g/mol. The topological polar surface area (TPSA) is 66.5 Å². The van der Waals surface area contributed by atoms with Crippen LogP contribution < -0.4 is 5.32 Å². The van der Waals surface area contributed by atoms with Gasteiger partial charge in [0.05, 0.1) is 21.7 Å². The maximum Gasteiger partial charge on any atom is 0.224 e. The van der Waals surface area contributed by atoms with Gasteiger partial charge in [-0.1, -0.05) is 66.5 Å². The molecule has 2 aromatic carbocycles. The number of sulfonamides is 1. The first-order valence-corrected chi connectivity index (χ1v) is 12.4. The van der Waals surface area contributed by atoms with Gasteiger partial charge in [0.2, 0.25) is 15.9 Å². The van der Waals surface area contributed by atoms with Crippen molar-refractivity contribution in [2.75, 3.05) is 19.6 Å². The third-order valence-corrected chi connectivity index (χ3v) is 7.99. The van der Waals surface area contributed by atoms with E-state index in [-0.39, 0.29) is 30.0 Å². The molecule has 1 aliphatic heterocycles. The first-order valence-electron chi connectivity index (χ1n) is 10.0. The number of halogens is 2. The van der Waals surface area contributed by atoms with Crippen LogP contribution in [0.4, 0.5) is 0 Å². The molecule has 1 aliphatic rings. The van der Waals surface area contributed by atoms with Crippen LogP contribution in [-0.4, -0.2) is 38.3 Å². The molecule has 2 unspecified atom stereocenters. The molecular weight excluding hydrogens is 443 g/mol. The summed E-state index contributed by atoms with van der Waals surface area (Å²) < 4.78 is 27.2. The molecule has 1 fully saturated rings. The minimum atomic E-state index is -3.56. The van der Waals surface area contributed by atoms with E-state index < -0.39 is 10.0 Å². The van der Waals surface area contributed by atoms with E-state index in [0.717, 1.165) is 5.56 Å². The number of carbonyl (C=O) groups is 1. The predicted octanol–water partition coefficient (Wildman–Crippen LogP) is 4.46. The van der Waals surface area contributed by atoms with Crippen molar-refractivity contribution in [1.82, 2.24) is 9.62 Å². The highest BCUT2D eigenvalue weighted by atomic mass is 35.5. The third kappa shape index (κ3) is 5.97. The number of piperidine rings is 1. The van der Waals surface area contributed by atoms with Crippen molar-refractivity contribution in [3.05, 3.63) is 69.7 Å². The van der Waals surface area contributed by atoms with Gasteiger partial charge in [-0.25, -0.2) is 12.7 Å². The number of hydrogen-bond donors (Lipinski definition) is 1. The van der Waals surface area contributed by atoms with Gasteiger partial charge in [0.15, 0.2) is 0 Å². The normalized spacial score (nSPS) is 18.7. The van der Waals surface area contributed by atoms with Crippen molar-refractivity contribution in [1.29, 1.82) is 0 Å². The molecule has 2 aromatic rings. The Bertz CT molecular complexity index is 983. The Morgan fingerprint density at radius 1 is 1.17 bits per heavy atom. The van der Waals surface area contributed by atoms with Crippen LogP contribution in [0.2, 0.25) is 10.0 Å². The zero-order valence-electron chi connectivity index (χ0n) is 16.9. The van der Waals surface area contributed by atoms with E-state index in [1.165, 1.54) is 4.31 Å². The first kappa shape index (κ1) is 23.1. The molecule has 1 N–H and O–H groups in total. The van der Waals surface area contributed by atoms with Crippen LogP contribution in [-0.2, 0) is 20.6 Å². The number of hydrogen-bond acceptors (Lipinski definition) is 3. The zero-order valence-corrected chi connectivity index (χ0v) is 19.2. The molecule has 1 heterocycles. The molecule has 0 spiro atoms. The average molecular weight is 469 g/mol. The summed E-state index contributed by atoms with van der Waals surface area (Å²) >= 11 is 11.9. The van der Waals surface area contributed by atoms with Crippen LogP contribution in [0.5, 0.6) is 0 Å². The first-order chi connectivity index (χ1) is 14.3. The number of benzene rings is 2. The van der Waals surface area contributed by atoms with Gasteiger partial charge in [-0.15, -0.1) is 0 Å². The Labute approximate surface area is 188 Å². The second kappa shape index (κ2) is 10.1. The van der Waals surface area contributed by atoms with Crippen LogP contribution in [0.1, 0.15) is 36.8 Å². The lowest BCUT2D eigenvalue weighted by Gasteiger charge is -2.31. The Morgan fingerprint density at radius 3 is 2.60 bits per heavy atom. The summed E-state index contributed by atoms with van der Waals surface area (Å²) in [6.07, 6.45) is 1.34. The quantitative estimate of drug-likeness (QED) is 0.652. The molecule has 0 saturated carbocycles. The Hall–Kier alpha value is -1.60. The van der Waals surface area contributed by atoms with Gasteiger partial charge in [0.25, 0.3) is 0 Å². The number of nitrogens with zero attached hydrogens (tertiary/aromatic N) is 1. The van der Waals surface area contributed by atoms with Gasteiger partial charge in [-0.2, -0.15) is 0 Å². The van der Waals surface area contributed by atoms with Gasteiger partial charge >= 0.3 is 0 Å². The Kier molecular flexibility index (Phi) is 7.80. The summed E-state index contributed by atoms with van der Waals surface area (Å²) in [7, 11) is -3.56. The molecular formula is C22H26Cl2N2O3S. The maximum absolute atomic E-state index is 12.9. The smallest absolute Gasteiger partial charge is 0.224 e. The summed E-state index contributed by atoms with van der Waals surface area (Å²) in [5.74, 6) is -0.408. The van der Waals surface area contributed by atoms with Crippen molar-refractivity contribution in [2.24, 2.45) is 5.92 Å². The van der Waals surface area contributed by atoms with Gasteiger partial charge in [0.1, 0.15) is 0 Å². The van der Waals surface area contributed by atoms with Crippen LogP contribution in [0, 0.1) is 5.92 Å². The van der Waals surface area contributed by atoms with E-state index >= 15 is 0 Å². The highest BCUT2D eigenvalue weighted by Gasteiger charge is 2.32. The van der Waals surface area contributed by atoms with Crippen LogP contribution >= 0.6 is 23.2 Å². The number of nitrogens with one attached hydrogen (secondary N) is 1. The standard InChI is InChI=1S/C22H26Cl2N2O3S/c1-16(18-6-3-2-4-7-18)13-25-22(27)19-8-5-11-26(14-19)30(28,29)15-17-9-10-20(23)21(24)12-17/h2-4,6-7,9-10,12,16,19H,5,8,11,13-15H2,1H3,(H,25,27). The molecule has 162 valence electrons. The lowest BCUT2D eigenvalue weighted by Crippen LogP contribution is -2.46. The predicted molar refractivity (Wildman–Crippen MR) is 121 cm³/mol. The second-order valence-electron chi connectivity index (χ2n) is 7.76. The SMILES string of the molecule is CC(CNC(=O)C1CCCN(S(=O)(=O)Cc2ccc(Cl)c(Cl)c2)C1)c1ccccc1. The fourth-order valence-corrected chi connectivity index (χ4v) is 5.56. The van der Waals surface area contributed by atoms with Crippen molar-refractivity contribution in [3.8, 4) is 0 Å². The van der Waals surface area contributed by atoms with Gasteiger partial charge < -0.3 is 5.32 Å². The Balaban J connectivity index is 1.58. The molecule has 0 bridgehead atoms. The van der Waals surface area contributed by atoms with Crippen LogP contribution in [0.3, 0.4) is 0 Å². The summed E-state index contributed by atoms with van der Waals surface area (Å²) in [4.78, 5) is 12.7. The van der Waals surface area contributed by atoms with E-state index in [1.807, 2.05) is 30.3 Å². The maximum atomic E-state index is 12.9. The fraction of sp³-hybridized carbons (Fsp3) is 0.409. The summed E-state index contributed by atoms with van der Waals surface area (Å²) in [5, 5.41) is 3.71. The van der Waals surface area contributed by atoms with Crippen molar-refractivity contribution < 1.29 is 13.2 Å². The minimum Gasteiger partial charge on any atom is -0.355 e. The average Bonchev–Trinajstić information content (AvgIpc) is 2.75. The molecule has 0 aliphatic carbocycles. The second-order valence-corrected chi connectivity index (χ2v) is 10.5. The fourth-order valence-electron chi connectivity index (χ4n) is 3.64. The van der Waals surface area contributed by atoms with E-state index in [9.17, 15) is 13.2 Å². The van der Waals surface area contributed by atoms with Gasteiger partial charge in [-0.05, 0) is 42.0 Å². The molecule has 0 aromatic heterocycles. The number of carbonyl (C=O) groups excluding carboxylic acids is 1. The highest BCUT2D eigenvalue weighted by molar-refractivity contribution is 7.88. The zero-order chi connectivity index (χ0) is 21.7. The molecule has 30 heavy (non-hydrogen) atoms. The largest absolute Gasteiger partial charge is 0.355 e. The summed E-state index contributed by atoms with van der Waals surface area (Å²) in [6, 6.07) is 14.8. The number of rotatable bonds is 7. The molecule has 3 rings (SSSR count). The van der Waals surface area contributed by atoms with Gasteiger partial charge in [0, 0.05) is 19.6 Å². The minimum absolute atomic E-state index is 0.0905. The van der Waals surface area contributed by atoms with E-state index in [0.29, 0.717) is 41.5 Å². The third-order valence-electron chi connectivity index (χ3n) is 5.43. The molecule has 8 heteroatoms. The molecule has 2 atom stereocenters. The van der Waals surface area contributed by atoms with Crippen LogP contribution in [0.15, 0.2) is 48.5 Å². The Morgan fingerprint density at radius 2 is 1.90 bits per heavy atom. The lowest BCUT2D eigenvalue weighted by atomic mass is 9.97. The lowest BCUT2D eigenvalue weighted by molar-refractivity contribution is -0.126. The van der Waals surface area contributed by atoms with E-state index in [4.69, 9.17) is 23.2 Å². The highest BCUT2D eigenvalue weighted by Crippen LogP contribution is 2.26. The summed E-state index contributed by atoms with van der Waals surface area (Å²) in [6.45, 7) is 3.21. The summed E-state index contributed by atoms with van der Waals surface area (Å²) in [5.41, 5.74) is 1.74. The molecule has 0 radical (unpaired) electrons. The molecule has 1 saturated heterocycles.